The van der Waals surface area contributed by atoms with Crippen molar-refractivity contribution in [3.05, 3.63) is 94.0 Å². The van der Waals surface area contributed by atoms with Gasteiger partial charge in [-0.25, -0.2) is 4.79 Å². The predicted octanol–water partition coefficient (Wildman–Crippen LogP) is 4.52. The molecule has 34 heavy (non-hydrogen) atoms. The minimum absolute atomic E-state index is 0.0461. The Kier molecular flexibility index (Phi) is 5.61. The van der Waals surface area contributed by atoms with Gasteiger partial charge in [0, 0.05) is 29.5 Å². The number of nitrogens with one attached hydrogen (secondary N) is 1. The first kappa shape index (κ1) is 21.8. The third-order valence-corrected chi connectivity index (χ3v) is 6.28. The van der Waals surface area contributed by atoms with Crippen LogP contribution in [0.3, 0.4) is 0 Å². The Labute approximate surface area is 197 Å². The van der Waals surface area contributed by atoms with Crippen molar-refractivity contribution < 1.29 is 14.3 Å². The molecule has 0 fully saturated rings. The molecule has 7 heteroatoms. The van der Waals surface area contributed by atoms with Crippen LogP contribution >= 0.6 is 0 Å². The topological polar surface area (TPSA) is 89.9 Å². The molecule has 1 aliphatic rings. The number of hydrogen-bond donors (Lipinski definition) is 1. The van der Waals surface area contributed by atoms with Gasteiger partial charge in [-0.05, 0) is 50.1 Å². The molecule has 0 radical (unpaired) electrons. The van der Waals surface area contributed by atoms with Crippen LogP contribution in [0.25, 0.3) is 10.9 Å². The summed E-state index contributed by atoms with van der Waals surface area (Å²) in [5.74, 6) is -0.407. The van der Waals surface area contributed by atoms with Crippen LogP contribution in [0.1, 0.15) is 52.8 Å². The highest BCUT2D eigenvalue weighted by Gasteiger charge is 2.33. The average molecular weight is 455 g/mol. The summed E-state index contributed by atoms with van der Waals surface area (Å²) in [5, 5.41) is 12.6. The first-order valence-electron chi connectivity index (χ1n) is 11.4. The second-order valence-electron chi connectivity index (χ2n) is 8.76. The third kappa shape index (κ3) is 3.94. The van der Waals surface area contributed by atoms with Crippen LogP contribution in [0.4, 0.5) is 0 Å². The molecular weight excluding hydrogens is 428 g/mol. The second-order valence-corrected chi connectivity index (χ2v) is 8.76. The summed E-state index contributed by atoms with van der Waals surface area (Å²) >= 11 is 0. The molecule has 0 aliphatic carbocycles. The number of carbonyl (C=O) groups is 2. The minimum Gasteiger partial charge on any atom is -0.461 e. The lowest BCUT2D eigenvalue weighted by Crippen LogP contribution is -2.28. The second kappa shape index (κ2) is 8.74. The molecule has 3 heterocycles. The molecule has 1 aliphatic heterocycles. The molecular formula is C27H26N4O3. The minimum atomic E-state index is -0.453. The highest BCUT2D eigenvalue weighted by molar-refractivity contribution is 5.99. The Morgan fingerprint density at radius 3 is 2.68 bits per heavy atom. The Hall–Kier alpha value is -4.00. The van der Waals surface area contributed by atoms with E-state index in [0.29, 0.717) is 6.42 Å². The lowest BCUT2D eigenvalue weighted by atomic mass is 9.85. The van der Waals surface area contributed by atoms with Gasteiger partial charge in [-0.1, -0.05) is 41.5 Å². The lowest BCUT2D eigenvalue weighted by Gasteiger charge is -2.29. The number of Topliss-reactive ketones (excluding diaryl/α,β-unsaturated/α-hetero) is 1. The van der Waals surface area contributed by atoms with Crippen molar-refractivity contribution in [2.24, 2.45) is 0 Å². The Morgan fingerprint density at radius 2 is 1.91 bits per heavy atom. The third-order valence-electron chi connectivity index (χ3n) is 6.28. The lowest BCUT2D eigenvalue weighted by molar-refractivity contribution is -0.115. The monoisotopic (exact) mass is 454 g/mol. The zero-order valence-electron chi connectivity index (χ0n) is 19.5. The average Bonchev–Trinajstić information content (AvgIpc) is 3.45. The zero-order valence-corrected chi connectivity index (χ0v) is 19.5. The van der Waals surface area contributed by atoms with Crippen LogP contribution in [0.15, 0.2) is 65.9 Å². The smallest absolute Gasteiger partial charge is 0.358 e. The molecule has 5 rings (SSSR count). The molecule has 7 nitrogen and oxygen atoms in total. The summed E-state index contributed by atoms with van der Waals surface area (Å²) in [5.41, 5.74) is 6.83. The van der Waals surface area contributed by atoms with Gasteiger partial charge in [-0.15, -0.1) is 0 Å². The van der Waals surface area contributed by atoms with E-state index in [1.807, 2.05) is 61.0 Å². The van der Waals surface area contributed by atoms with Crippen molar-refractivity contribution in [3.63, 3.8) is 0 Å². The molecule has 172 valence electrons. The van der Waals surface area contributed by atoms with Crippen molar-refractivity contribution in [2.45, 2.75) is 39.7 Å². The summed E-state index contributed by atoms with van der Waals surface area (Å²) < 4.78 is 6.98. The number of H-pyrrole nitrogens is 1. The van der Waals surface area contributed by atoms with Crippen LogP contribution < -0.4 is 0 Å². The molecule has 2 aromatic carbocycles. The highest BCUT2D eigenvalue weighted by Crippen LogP contribution is 2.37. The van der Waals surface area contributed by atoms with E-state index < -0.39 is 12.0 Å². The molecule has 1 atom stereocenters. The predicted molar refractivity (Wildman–Crippen MR) is 129 cm³/mol. The highest BCUT2D eigenvalue weighted by atomic mass is 16.5. The van der Waals surface area contributed by atoms with E-state index in [1.165, 1.54) is 0 Å². The van der Waals surface area contributed by atoms with Crippen molar-refractivity contribution >= 4 is 22.7 Å². The zero-order chi connectivity index (χ0) is 23.8. The van der Waals surface area contributed by atoms with E-state index in [1.54, 1.807) is 19.2 Å². The number of benzene rings is 2. The van der Waals surface area contributed by atoms with Gasteiger partial charge in [-0.2, -0.15) is 10.2 Å². The summed E-state index contributed by atoms with van der Waals surface area (Å²) in [7, 11) is 0. The van der Waals surface area contributed by atoms with E-state index in [0.717, 1.165) is 44.4 Å². The maximum absolute atomic E-state index is 13.7. The number of ketones is 1. The van der Waals surface area contributed by atoms with Gasteiger partial charge in [0.05, 0.1) is 18.3 Å². The SMILES string of the molecule is CCOC(=O)c1cc2n(n1)C(c1ccc(C)cc1)C(C(=O)Cc1ccc3[nH]ncc3c1)=C(C)C2. The number of carbonyl (C=O) groups excluding carboxylic acids is 2. The largest absolute Gasteiger partial charge is 0.461 e. The first-order valence-corrected chi connectivity index (χ1v) is 11.4. The van der Waals surface area contributed by atoms with Gasteiger partial charge >= 0.3 is 5.97 Å². The number of rotatable bonds is 6. The quantitative estimate of drug-likeness (QED) is 0.433. The van der Waals surface area contributed by atoms with Crippen molar-refractivity contribution in [2.75, 3.05) is 6.61 Å². The van der Waals surface area contributed by atoms with Crippen LogP contribution in [0.2, 0.25) is 0 Å². The van der Waals surface area contributed by atoms with E-state index in [2.05, 4.69) is 15.3 Å². The number of hydrogen-bond acceptors (Lipinski definition) is 5. The van der Waals surface area contributed by atoms with Gasteiger partial charge < -0.3 is 4.74 Å². The number of fused-ring (bicyclic) bond motifs is 2. The first-order chi connectivity index (χ1) is 16.4. The fraction of sp³-hybridized carbons (Fsp3) is 0.259. The fourth-order valence-corrected chi connectivity index (χ4v) is 4.65. The number of aromatic nitrogens is 4. The number of allylic oxidation sites excluding steroid dienone is 2. The van der Waals surface area contributed by atoms with Crippen LogP contribution in [0, 0.1) is 6.92 Å². The molecule has 0 spiro atoms. The summed E-state index contributed by atoms with van der Waals surface area (Å²) in [6.07, 6.45) is 2.59. The molecule has 4 aromatic rings. The van der Waals surface area contributed by atoms with Crippen molar-refractivity contribution in [1.29, 1.82) is 0 Å². The van der Waals surface area contributed by atoms with E-state index in [-0.39, 0.29) is 24.5 Å². The summed E-state index contributed by atoms with van der Waals surface area (Å²) in [6, 6.07) is 15.4. The van der Waals surface area contributed by atoms with Crippen LogP contribution in [-0.2, 0) is 22.4 Å². The number of aryl methyl sites for hydroxylation is 1. The number of esters is 1. The molecule has 0 saturated carbocycles. The Bertz CT molecular complexity index is 1430. The van der Waals surface area contributed by atoms with Gasteiger partial charge in [-0.3, -0.25) is 14.6 Å². The van der Waals surface area contributed by atoms with Crippen molar-refractivity contribution in [1.82, 2.24) is 20.0 Å². The molecule has 1 N–H and O–H groups in total. The van der Waals surface area contributed by atoms with Crippen molar-refractivity contribution in [3.8, 4) is 0 Å². The fourth-order valence-electron chi connectivity index (χ4n) is 4.65. The Morgan fingerprint density at radius 1 is 1.12 bits per heavy atom. The van der Waals surface area contributed by atoms with Gasteiger partial charge in [0.15, 0.2) is 11.5 Å². The number of nitrogens with zero attached hydrogens (tertiary/aromatic N) is 3. The van der Waals surface area contributed by atoms with Gasteiger partial charge in [0.2, 0.25) is 0 Å². The number of ether oxygens (including phenoxy) is 1. The standard InChI is InChI=1S/C27H26N4O3/c1-4-34-27(33)23-14-21-11-17(3)25(26(31(21)30-23)19-8-5-16(2)6-9-19)24(32)13-18-7-10-22-20(12-18)15-28-29-22/h5-10,12,14-15,26H,4,11,13H2,1-3H3,(H,28,29). The molecule has 1 unspecified atom stereocenters. The molecule has 0 bridgehead atoms. The summed E-state index contributed by atoms with van der Waals surface area (Å²) in [6.45, 7) is 6.08. The maximum Gasteiger partial charge on any atom is 0.358 e. The van der Waals surface area contributed by atoms with Crippen LogP contribution in [-0.4, -0.2) is 38.3 Å². The normalized spacial score (nSPS) is 15.4. The van der Waals surface area contributed by atoms with Gasteiger partial charge in [0.1, 0.15) is 6.04 Å². The maximum atomic E-state index is 13.7. The molecule has 0 saturated heterocycles. The van der Waals surface area contributed by atoms with E-state index in [4.69, 9.17) is 4.74 Å². The molecule has 2 aromatic heterocycles. The van der Waals surface area contributed by atoms with E-state index in [9.17, 15) is 9.59 Å². The number of aromatic amines is 1. The summed E-state index contributed by atoms with van der Waals surface area (Å²) in [4.78, 5) is 26.1. The Balaban J connectivity index is 1.55. The van der Waals surface area contributed by atoms with Gasteiger partial charge in [0.25, 0.3) is 0 Å². The molecule has 0 amide bonds. The van der Waals surface area contributed by atoms with E-state index >= 15 is 0 Å². The van der Waals surface area contributed by atoms with Crippen LogP contribution in [0.5, 0.6) is 0 Å².